The van der Waals surface area contributed by atoms with Gasteiger partial charge in [-0.3, -0.25) is 4.72 Å². The monoisotopic (exact) mass is 371 g/mol. The molecule has 3 heterocycles. The number of furan rings is 1. The lowest BCUT2D eigenvalue weighted by atomic mass is 10.1. The zero-order chi connectivity index (χ0) is 18.4. The quantitative estimate of drug-likeness (QED) is 0.624. The molecular formula is C16H15N6O3S+. The molecule has 0 saturated carbocycles. The van der Waals surface area contributed by atoms with Gasteiger partial charge in [0.05, 0.1) is 12.5 Å². The van der Waals surface area contributed by atoms with E-state index in [1.165, 1.54) is 12.5 Å². The molecule has 26 heavy (non-hydrogen) atoms. The number of hydrogen-bond acceptors (Lipinski definition) is 7. The van der Waals surface area contributed by atoms with Gasteiger partial charge < -0.3 is 4.42 Å². The van der Waals surface area contributed by atoms with Crippen LogP contribution in [-0.2, 0) is 10.0 Å². The number of sulfonamides is 1. The third-order valence-corrected chi connectivity index (χ3v) is 4.30. The molecule has 1 aromatic heterocycles. The minimum absolute atomic E-state index is 0.379. The zero-order valence-electron chi connectivity index (χ0n) is 13.7. The Hall–Kier alpha value is -3.08. The molecule has 1 aromatic carbocycles. The highest BCUT2D eigenvalue weighted by Gasteiger charge is 2.40. The van der Waals surface area contributed by atoms with Gasteiger partial charge in [0.2, 0.25) is 10.0 Å². The normalized spacial score (nSPS) is 21.7. The van der Waals surface area contributed by atoms with E-state index in [9.17, 15) is 8.42 Å². The van der Waals surface area contributed by atoms with Crippen molar-refractivity contribution in [1.82, 2.24) is 0 Å². The van der Waals surface area contributed by atoms with E-state index in [4.69, 9.17) is 10.3 Å². The molecule has 4 rings (SSSR count). The van der Waals surface area contributed by atoms with Crippen LogP contribution in [0.2, 0.25) is 0 Å². The second-order valence-electron chi connectivity index (χ2n) is 5.84. The molecule has 1 atom stereocenters. The highest BCUT2D eigenvalue weighted by molar-refractivity contribution is 7.92. The van der Waals surface area contributed by atoms with Gasteiger partial charge in [0, 0.05) is 11.3 Å². The summed E-state index contributed by atoms with van der Waals surface area (Å²) in [5.41, 5.74) is 1.68. The van der Waals surface area contributed by atoms with Crippen LogP contribution in [0.15, 0.2) is 68.4 Å². The van der Waals surface area contributed by atoms with E-state index in [2.05, 4.69) is 19.8 Å². The van der Waals surface area contributed by atoms with Crippen LogP contribution in [0.1, 0.15) is 11.3 Å². The van der Waals surface area contributed by atoms with Gasteiger partial charge in [-0.2, -0.15) is 4.99 Å². The number of anilines is 1. The number of amidine groups is 2. The van der Waals surface area contributed by atoms with Crippen molar-refractivity contribution in [3.63, 3.8) is 0 Å². The lowest BCUT2D eigenvalue weighted by Gasteiger charge is -2.20. The molecule has 2 aliphatic heterocycles. The number of benzene rings is 1. The molecule has 0 bridgehead atoms. The van der Waals surface area contributed by atoms with E-state index < -0.39 is 14.7 Å². The number of nitrogens with two attached hydrogens (primary N) is 1. The standard InChI is InChI=1S/C16H15N6O3S/c1-26(23,24)21-12-5-2-4-11(8-12)13-10-22(17)15(9-18-13)19-16(20-22)14-6-3-7-25-14/h2-10,21H,17H2,1H3/q+1. The van der Waals surface area contributed by atoms with Crippen LogP contribution in [0.4, 0.5) is 5.69 Å². The summed E-state index contributed by atoms with van der Waals surface area (Å²) in [5.74, 6) is 7.67. The van der Waals surface area contributed by atoms with Crippen molar-refractivity contribution in [2.75, 3.05) is 11.0 Å². The molecule has 132 valence electrons. The maximum atomic E-state index is 11.4. The lowest BCUT2D eigenvalue weighted by molar-refractivity contribution is -0.802. The van der Waals surface area contributed by atoms with Gasteiger partial charge in [0.25, 0.3) is 11.7 Å². The lowest BCUT2D eigenvalue weighted by Crippen LogP contribution is -2.50. The van der Waals surface area contributed by atoms with Gasteiger partial charge >= 0.3 is 0 Å². The van der Waals surface area contributed by atoms with Crippen molar-refractivity contribution in [1.29, 1.82) is 0 Å². The van der Waals surface area contributed by atoms with Crippen molar-refractivity contribution in [3.05, 3.63) is 60.2 Å². The smallest absolute Gasteiger partial charge is 0.300 e. The second-order valence-corrected chi connectivity index (χ2v) is 7.59. The molecule has 0 radical (unpaired) electrons. The largest absolute Gasteiger partial charge is 0.461 e. The van der Waals surface area contributed by atoms with Crippen molar-refractivity contribution in [2.45, 2.75) is 0 Å². The maximum Gasteiger partial charge on any atom is 0.300 e. The predicted molar refractivity (Wildman–Crippen MR) is 98.5 cm³/mol. The predicted octanol–water partition coefficient (Wildman–Crippen LogP) is 1.50. The van der Waals surface area contributed by atoms with E-state index >= 15 is 0 Å². The minimum Gasteiger partial charge on any atom is -0.461 e. The molecule has 0 saturated heterocycles. The average Bonchev–Trinajstić information content (AvgIpc) is 3.19. The zero-order valence-corrected chi connectivity index (χ0v) is 14.5. The summed E-state index contributed by atoms with van der Waals surface area (Å²) < 4.78 is 30.2. The first-order chi connectivity index (χ1) is 12.3. The average molecular weight is 371 g/mol. The summed E-state index contributed by atoms with van der Waals surface area (Å²) >= 11 is 0. The molecule has 2 aromatic rings. The molecule has 9 nitrogen and oxygen atoms in total. The highest BCUT2D eigenvalue weighted by atomic mass is 32.2. The molecule has 1 unspecified atom stereocenters. The van der Waals surface area contributed by atoms with E-state index in [0.29, 0.717) is 34.4 Å². The fourth-order valence-electron chi connectivity index (χ4n) is 2.60. The Morgan fingerprint density at radius 2 is 2.08 bits per heavy atom. The molecular weight excluding hydrogens is 356 g/mol. The van der Waals surface area contributed by atoms with Gasteiger partial charge in [-0.15, -0.1) is 5.84 Å². The Balaban J connectivity index is 1.69. The Morgan fingerprint density at radius 3 is 2.81 bits per heavy atom. The first-order valence-corrected chi connectivity index (χ1v) is 9.47. The summed E-state index contributed by atoms with van der Waals surface area (Å²) in [7, 11) is -3.37. The molecule has 0 amide bonds. The molecule has 0 spiro atoms. The Morgan fingerprint density at radius 1 is 1.23 bits per heavy atom. The Labute approximate surface area is 149 Å². The van der Waals surface area contributed by atoms with Gasteiger partial charge in [0.15, 0.2) is 12.0 Å². The SMILES string of the molecule is CS(=O)(=O)Nc1cccc(C2=C[N+]3(N)N=C(c4ccco4)N=C3C=N2)c1. The van der Waals surface area contributed by atoms with Crippen molar-refractivity contribution < 1.29 is 17.5 Å². The molecule has 3 N–H and O–H groups in total. The van der Waals surface area contributed by atoms with Crippen LogP contribution in [0.25, 0.3) is 5.70 Å². The summed E-state index contributed by atoms with van der Waals surface area (Å²) in [4.78, 5) is 8.72. The summed E-state index contributed by atoms with van der Waals surface area (Å²) in [6, 6.07) is 10.3. The molecule has 0 aliphatic carbocycles. The van der Waals surface area contributed by atoms with Crippen LogP contribution < -0.4 is 10.6 Å². The topological polar surface area (TPSA) is 122 Å². The first kappa shape index (κ1) is 16.4. The van der Waals surface area contributed by atoms with E-state index in [-0.39, 0.29) is 0 Å². The molecule has 0 fully saturated rings. The summed E-state index contributed by atoms with van der Waals surface area (Å²) in [5, 5.41) is 4.40. The van der Waals surface area contributed by atoms with Crippen LogP contribution in [0.5, 0.6) is 0 Å². The number of rotatable bonds is 4. The number of fused-ring (bicyclic) bond motifs is 1. The minimum atomic E-state index is -3.37. The first-order valence-electron chi connectivity index (χ1n) is 7.58. The van der Waals surface area contributed by atoms with Crippen molar-refractivity contribution in [2.24, 2.45) is 20.9 Å². The van der Waals surface area contributed by atoms with E-state index in [0.717, 1.165) is 6.26 Å². The van der Waals surface area contributed by atoms with Crippen molar-refractivity contribution in [3.8, 4) is 0 Å². The number of nitrogens with one attached hydrogen (secondary N) is 1. The number of nitrogens with zero attached hydrogens (tertiary/aromatic N) is 4. The van der Waals surface area contributed by atoms with Crippen LogP contribution in [-0.4, -0.2) is 37.3 Å². The van der Waals surface area contributed by atoms with E-state index in [1.54, 1.807) is 42.6 Å². The van der Waals surface area contributed by atoms with Gasteiger partial charge in [-0.1, -0.05) is 12.1 Å². The Bertz CT molecular complexity index is 1100. The summed E-state index contributed by atoms with van der Waals surface area (Å²) in [6.07, 6.45) is 5.79. The number of quaternary nitrogens is 1. The molecule has 2 aliphatic rings. The van der Waals surface area contributed by atoms with Gasteiger partial charge in [-0.05, 0) is 34.1 Å². The summed E-state index contributed by atoms with van der Waals surface area (Å²) in [6.45, 7) is 0. The molecule has 10 heteroatoms. The van der Waals surface area contributed by atoms with Gasteiger partial charge in [-0.25, -0.2) is 13.4 Å². The van der Waals surface area contributed by atoms with Crippen LogP contribution >= 0.6 is 0 Å². The number of aliphatic imine (C=N–C) groups is 2. The third-order valence-electron chi connectivity index (χ3n) is 3.69. The second kappa shape index (κ2) is 5.73. The fraction of sp³-hybridized carbons (Fsp3) is 0.0625. The van der Waals surface area contributed by atoms with Crippen molar-refractivity contribution >= 4 is 39.3 Å². The highest BCUT2D eigenvalue weighted by Crippen LogP contribution is 2.27. The van der Waals surface area contributed by atoms with E-state index in [1.807, 2.05) is 0 Å². The maximum absolute atomic E-state index is 11.4. The number of hydrogen-bond donors (Lipinski definition) is 2. The van der Waals surface area contributed by atoms with Crippen LogP contribution in [0.3, 0.4) is 0 Å². The third kappa shape index (κ3) is 3.08. The van der Waals surface area contributed by atoms with Gasteiger partial charge in [0.1, 0.15) is 11.9 Å². The Kier molecular flexibility index (Phi) is 3.61. The fourth-order valence-corrected chi connectivity index (χ4v) is 3.15. The van der Waals surface area contributed by atoms with Crippen LogP contribution in [0, 0.1) is 0 Å².